The van der Waals surface area contributed by atoms with E-state index in [2.05, 4.69) is 5.32 Å². The highest BCUT2D eigenvalue weighted by Crippen LogP contribution is 2.38. The van der Waals surface area contributed by atoms with Gasteiger partial charge in [0.15, 0.2) is 0 Å². The molecule has 1 aromatic heterocycles. The fourth-order valence-corrected chi connectivity index (χ4v) is 4.23. The van der Waals surface area contributed by atoms with Crippen molar-refractivity contribution < 1.29 is 32.3 Å². The molecule has 0 bridgehead atoms. The Morgan fingerprint density at radius 2 is 1.94 bits per heavy atom. The van der Waals surface area contributed by atoms with Gasteiger partial charge >= 0.3 is 24.2 Å². The molecule has 0 spiro atoms. The van der Waals surface area contributed by atoms with Crippen LogP contribution in [0.4, 0.5) is 27.8 Å². The van der Waals surface area contributed by atoms with Gasteiger partial charge in [0.25, 0.3) is 0 Å². The second-order valence-corrected chi connectivity index (χ2v) is 7.93. The van der Waals surface area contributed by atoms with Gasteiger partial charge in [0, 0.05) is 11.4 Å². The predicted molar refractivity (Wildman–Crippen MR) is 108 cm³/mol. The molecule has 31 heavy (non-hydrogen) atoms. The van der Waals surface area contributed by atoms with Crippen molar-refractivity contribution in [2.75, 3.05) is 18.4 Å². The number of likely N-dealkylation sites (tertiary alicyclic amines) is 1. The van der Waals surface area contributed by atoms with Crippen LogP contribution in [0, 0.1) is 0 Å². The molecular weight excluding hydrogens is 437 g/mol. The van der Waals surface area contributed by atoms with Crippen LogP contribution in [0.3, 0.4) is 0 Å². The molecule has 1 aromatic carbocycles. The molecule has 8 nitrogen and oxygen atoms in total. The molecule has 5 N–H and O–H groups in total. The average Bonchev–Trinajstić information content (AvgIpc) is 3.11. The lowest BCUT2D eigenvalue weighted by Gasteiger charge is -2.31. The van der Waals surface area contributed by atoms with Crippen LogP contribution in [0.1, 0.15) is 28.8 Å². The lowest BCUT2D eigenvalue weighted by molar-refractivity contribution is -0.137. The number of piperidine rings is 1. The number of halogens is 3. The highest BCUT2D eigenvalue weighted by Gasteiger charge is 2.31. The van der Waals surface area contributed by atoms with E-state index in [0.717, 1.165) is 23.5 Å². The molecule has 1 unspecified atom stereocenters. The number of nitrogens with one attached hydrogen (secondary N) is 1. The first kappa shape index (κ1) is 22.4. The van der Waals surface area contributed by atoms with Crippen molar-refractivity contribution in [1.29, 1.82) is 0 Å². The molecule has 1 fully saturated rings. The summed E-state index contributed by atoms with van der Waals surface area (Å²) in [5, 5.41) is 2.35. The van der Waals surface area contributed by atoms with Crippen LogP contribution >= 0.6 is 11.3 Å². The molecule has 0 saturated carbocycles. The largest absolute Gasteiger partial charge is 0.457 e. The molecule has 12 heteroatoms. The number of hydrogen-bond acceptors (Lipinski definition) is 5. The summed E-state index contributed by atoms with van der Waals surface area (Å²) in [5.74, 6) is -0.797. The van der Waals surface area contributed by atoms with Gasteiger partial charge in [-0.15, -0.1) is 11.3 Å². The summed E-state index contributed by atoms with van der Waals surface area (Å²) in [6.07, 6.45) is -4.03. The number of ether oxygens (including phenoxy) is 1. The predicted octanol–water partition coefficient (Wildman–Crippen LogP) is 3.62. The van der Waals surface area contributed by atoms with Gasteiger partial charge < -0.3 is 21.1 Å². The van der Waals surface area contributed by atoms with Crippen molar-refractivity contribution in [2.24, 2.45) is 11.5 Å². The van der Waals surface area contributed by atoms with Crippen LogP contribution in [-0.2, 0) is 10.9 Å². The Balaban J connectivity index is 1.88. The molecule has 2 aromatic rings. The lowest BCUT2D eigenvalue weighted by Crippen LogP contribution is -2.46. The van der Waals surface area contributed by atoms with Crippen LogP contribution < -0.4 is 16.8 Å². The summed E-state index contributed by atoms with van der Waals surface area (Å²) in [6.45, 7) is 0.584. The number of nitrogens with zero attached hydrogens (tertiary/aromatic N) is 1. The molecule has 0 aliphatic carbocycles. The Bertz CT molecular complexity index is 1010. The standard InChI is InChI=1S/C19H19F3N4O4S/c20-19(21,22)11-4-1-3-10(7-11)14-8-13(15(31-14)25-17(23)28)16(27)30-12-5-2-6-26(9-12)18(24)29/h1,3-4,7-8,12H,2,5-6,9H2,(H2,24,29)(H3,23,25,28). The van der Waals surface area contributed by atoms with Crippen molar-refractivity contribution in [2.45, 2.75) is 25.1 Å². The number of urea groups is 2. The van der Waals surface area contributed by atoms with E-state index in [1.807, 2.05) is 0 Å². The number of carbonyl (C=O) groups is 3. The molecule has 2 heterocycles. The summed E-state index contributed by atoms with van der Waals surface area (Å²) in [7, 11) is 0. The van der Waals surface area contributed by atoms with E-state index in [-0.39, 0.29) is 22.7 Å². The van der Waals surface area contributed by atoms with Gasteiger partial charge in [0.2, 0.25) is 0 Å². The molecule has 1 saturated heterocycles. The highest BCUT2D eigenvalue weighted by atomic mass is 32.1. The first-order valence-corrected chi connectivity index (χ1v) is 9.99. The average molecular weight is 456 g/mol. The number of thiophene rings is 1. The second-order valence-electron chi connectivity index (χ2n) is 6.88. The van der Waals surface area contributed by atoms with Crippen LogP contribution in [0.2, 0.25) is 0 Å². The minimum absolute atomic E-state index is 0.0486. The van der Waals surface area contributed by atoms with Gasteiger partial charge in [-0.05, 0) is 36.6 Å². The summed E-state index contributed by atoms with van der Waals surface area (Å²) in [5.41, 5.74) is 9.74. The lowest BCUT2D eigenvalue weighted by atomic mass is 10.1. The minimum Gasteiger partial charge on any atom is -0.457 e. The van der Waals surface area contributed by atoms with Crippen molar-refractivity contribution in [3.05, 3.63) is 41.5 Å². The Morgan fingerprint density at radius 3 is 2.58 bits per heavy atom. The summed E-state index contributed by atoms with van der Waals surface area (Å²) in [6, 6.07) is 4.35. The Morgan fingerprint density at radius 1 is 1.19 bits per heavy atom. The van der Waals surface area contributed by atoms with E-state index < -0.39 is 35.9 Å². The van der Waals surface area contributed by atoms with Crippen LogP contribution in [0.5, 0.6) is 0 Å². The summed E-state index contributed by atoms with van der Waals surface area (Å²) < 4.78 is 44.6. The van der Waals surface area contributed by atoms with Crippen molar-refractivity contribution in [1.82, 2.24) is 4.90 Å². The van der Waals surface area contributed by atoms with Gasteiger partial charge in [-0.2, -0.15) is 13.2 Å². The number of anilines is 1. The number of esters is 1. The zero-order chi connectivity index (χ0) is 22.8. The Kier molecular flexibility index (Phi) is 6.39. The molecule has 0 radical (unpaired) electrons. The molecule has 166 valence electrons. The summed E-state index contributed by atoms with van der Waals surface area (Å²) in [4.78, 5) is 37.1. The van der Waals surface area contributed by atoms with E-state index in [1.54, 1.807) is 0 Å². The molecule has 3 rings (SSSR count). The third kappa shape index (κ3) is 5.45. The molecule has 1 aliphatic heterocycles. The van der Waals surface area contributed by atoms with E-state index in [0.29, 0.717) is 24.3 Å². The molecule has 1 aliphatic rings. The first-order valence-electron chi connectivity index (χ1n) is 9.18. The number of amides is 4. The fourth-order valence-electron chi connectivity index (χ4n) is 3.19. The number of benzene rings is 1. The molecule has 1 atom stereocenters. The fraction of sp³-hybridized carbons (Fsp3) is 0.316. The first-order chi connectivity index (χ1) is 14.5. The Hall–Kier alpha value is -3.28. The van der Waals surface area contributed by atoms with Crippen LogP contribution in [0.15, 0.2) is 30.3 Å². The third-order valence-electron chi connectivity index (χ3n) is 4.63. The normalized spacial score (nSPS) is 16.6. The van der Waals surface area contributed by atoms with Crippen molar-refractivity contribution in [3.8, 4) is 10.4 Å². The van der Waals surface area contributed by atoms with Gasteiger partial charge in [-0.3, -0.25) is 5.32 Å². The zero-order valence-corrected chi connectivity index (χ0v) is 16.9. The zero-order valence-electron chi connectivity index (χ0n) is 16.1. The van der Waals surface area contributed by atoms with Crippen molar-refractivity contribution in [3.63, 3.8) is 0 Å². The number of carbonyl (C=O) groups excluding carboxylic acids is 3. The van der Waals surface area contributed by atoms with Gasteiger partial charge in [-0.1, -0.05) is 12.1 Å². The maximum absolute atomic E-state index is 13.0. The van der Waals surface area contributed by atoms with E-state index >= 15 is 0 Å². The minimum atomic E-state index is -4.53. The third-order valence-corrected chi connectivity index (χ3v) is 5.73. The smallest absolute Gasteiger partial charge is 0.416 e. The Labute approximate surface area is 178 Å². The number of primary amides is 2. The SMILES string of the molecule is NC(=O)Nc1sc(-c2cccc(C(F)(F)F)c2)cc1C(=O)OC1CCCN(C(N)=O)C1. The number of hydrogen-bond donors (Lipinski definition) is 3. The monoisotopic (exact) mass is 456 g/mol. The number of rotatable bonds is 4. The van der Waals surface area contributed by atoms with Crippen molar-refractivity contribution >= 4 is 34.4 Å². The quantitative estimate of drug-likeness (QED) is 0.607. The van der Waals surface area contributed by atoms with Crippen LogP contribution in [-0.4, -0.2) is 42.1 Å². The second kappa shape index (κ2) is 8.84. The topological polar surface area (TPSA) is 128 Å². The number of alkyl halides is 3. The van der Waals surface area contributed by atoms with Gasteiger partial charge in [0.1, 0.15) is 11.1 Å². The van der Waals surface area contributed by atoms with E-state index in [9.17, 15) is 27.6 Å². The summed E-state index contributed by atoms with van der Waals surface area (Å²) >= 11 is 0.891. The number of nitrogens with two attached hydrogens (primary N) is 2. The molecule has 4 amide bonds. The van der Waals surface area contributed by atoms with E-state index in [1.165, 1.54) is 23.1 Å². The highest BCUT2D eigenvalue weighted by molar-refractivity contribution is 7.20. The maximum atomic E-state index is 13.0. The van der Waals surface area contributed by atoms with Gasteiger partial charge in [0.05, 0.1) is 17.7 Å². The maximum Gasteiger partial charge on any atom is 0.416 e. The van der Waals surface area contributed by atoms with Gasteiger partial charge in [-0.25, -0.2) is 14.4 Å². The molecular formula is C19H19F3N4O4S. The van der Waals surface area contributed by atoms with E-state index in [4.69, 9.17) is 16.2 Å². The van der Waals surface area contributed by atoms with Crippen LogP contribution in [0.25, 0.3) is 10.4 Å².